The molecule has 0 spiro atoms. The standard InChI is InChI=1S/C14H23N5O/c1-2-18(11-6-7-11)9-13(20)19-8-4-3-5-12(19)14-15-10-16-17-14/h10-12H,2-9H2,1H3,(H,15,16,17)/t12-/m1/s1. The van der Waals surface area contributed by atoms with Gasteiger partial charge in [-0.2, -0.15) is 5.10 Å². The highest BCUT2D eigenvalue weighted by Crippen LogP contribution is 2.30. The second kappa shape index (κ2) is 5.91. The van der Waals surface area contributed by atoms with Gasteiger partial charge in [0.1, 0.15) is 12.2 Å². The molecule has 2 fully saturated rings. The summed E-state index contributed by atoms with van der Waals surface area (Å²) in [4.78, 5) is 21.2. The monoisotopic (exact) mass is 277 g/mol. The zero-order valence-corrected chi connectivity index (χ0v) is 12.1. The molecule has 3 rings (SSSR count). The number of piperidine rings is 1. The van der Waals surface area contributed by atoms with E-state index >= 15 is 0 Å². The lowest BCUT2D eigenvalue weighted by Crippen LogP contribution is -2.45. The second-order valence-corrected chi connectivity index (χ2v) is 5.76. The van der Waals surface area contributed by atoms with Gasteiger partial charge in [-0.1, -0.05) is 6.92 Å². The average Bonchev–Trinajstić information content (AvgIpc) is 3.18. The highest BCUT2D eigenvalue weighted by molar-refractivity contribution is 5.78. The Labute approximate surface area is 119 Å². The minimum absolute atomic E-state index is 0.0802. The first-order valence-electron chi connectivity index (χ1n) is 7.68. The topological polar surface area (TPSA) is 65.1 Å². The lowest BCUT2D eigenvalue weighted by Gasteiger charge is -2.35. The van der Waals surface area contributed by atoms with E-state index in [-0.39, 0.29) is 11.9 Å². The predicted octanol–water partition coefficient (Wildman–Crippen LogP) is 1.34. The van der Waals surface area contributed by atoms with Gasteiger partial charge in [0.05, 0.1) is 12.6 Å². The van der Waals surface area contributed by atoms with E-state index < -0.39 is 0 Å². The normalized spacial score (nSPS) is 23.3. The van der Waals surface area contributed by atoms with Crippen LogP contribution in [0, 0.1) is 0 Å². The molecule has 1 N–H and O–H groups in total. The molecule has 1 aliphatic heterocycles. The summed E-state index contributed by atoms with van der Waals surface area (Å²) in [5.74, 6) is 1.06. The van der Waals surface area contributed by atoms with Crippen LogP contribution in [0.4, 0.5) is 0 Å². The van der Waals surface area contributed by atoms with Gasteiger partial charge in [-0.3, -0.25) is 14.8 Å². The molecule has 1 saturated carbocycles. The molecule has 0 bridgehead atoms. The van der Waals surface area contributed by atoms with Crippen LogP contribution in [0.2, 0.25) is 0 Å². The maximum atomic E-state index is 12.6. The van der Waals surface area contributed by atoms with Crippen molar-refractivity contribution in [2.75, 3.05) is 19.6 Å². The highest BCUT2D eigenvalue weighted by atomic mass is 16.2. The molecule has 0 unspecified atom stereocenters. The molecule has 1 atom stereocenters. The van der Waals surface area contributed by atoms with Crippen molar-refractivity contribution in [1.82, 2.24) is 25.0 Å². The quantitative estimate of drug-likeness (QED) is 0.882. The number of nitrogens with zero attached hydrogens (tertiary/aromatic N) is 4. The number of likely N-dealkylation sites (N-methyl/N-ethyl adjacent to an activating group) is 1. The lowest BCUT2D eigenvalue weighted by atomic mass is 10.0. The minimum Gasteiger partial charge on any atom is -0.331 e. The third kappa shape index (κ3) is 2.85. The summed E-state index contributed by atoms with van der Waals surface area (Å²) in [5.41, 5.74) is 0. The molecule has 110 valence electrons. The molecular weight excluding hydrogens is 254 g/mol. The van der Waals surface area contributed by atoms with Crippen LogP contribution in [-0.4, -0.2) is 56.6 Å². The van der Waals surface area contributed by atoms with Gasteiger partial charge in [-0.05, 0) is 38.6 Å². The Kier molecular flexibility index (Phi) is 4.00. The Morgan fingerprint density at radius 3 is 2.95 bits per heavy atom. The van der Waals surface area contributed by atoms with Gasteiger partial charge in [-0.15, -0.1) is 0 Å². The Bertz CT molecular complexity index is 442. The molecule has 1 aliphatic carbocycles. The van der Waals surface area contributed by atoms with Gasteiger partial charge in [-0.25, -0.2) is 4.98 Å². The number of likely N-dealkylation sites (tertiary alicyclic amines) is 1. The summed E-state index contributed by atoms with van der Waals surface area (Å²) in [5, 5.41) is 6.85. The lowest BCUT2D eigenvalue weighted by molar-refractivity contribution is -0.136. The third-order valence-corrected chi connectivity index (χ3v) is 4.38. The number of aromatic nitrogens is 3. The minimum atomic E-state index is 0.0802. The van der Waals surface area contributed by atoms with E-state index in [9.17, 15) is 4.79 Å². The second-order valence-electron chi connectivity index (χ2n) is 5.76. The van der Waals surface area contributed by atoms with Crippen LogP contribution >= 0.6 is 0 Å². The number of H-pyrrole nitrogens is 1. The summed E-state index contributed by atoms with van der Waals surface area (Å²) in [6, 6.07) is 0.717. The van der Waals surface area contributed by atoms with Gasteiger partial charge in [0, 0.05) is 12.6 Å². The summed E-state index contributed by atoms with van der Waals surface area (Å²) >= 11 is 0. The number of hydrogen-bond donors (Lipinski definition) is 1. The Balaban J connectivity index is 1.67. The largest absolute Gasteiger partial charge is 0.331 e. The molecule has 6 heteroatoms. The van der Waals surface area contributed by atoms with Crippen LogP contribution in [0.5, 0.6) is 0 Å². The van der Waals surface area contributed by atoms with Crippen molar-refractivity contribution < 1.29 is 4.79 Å². The summed E-state index contributed by atoms with van der Waals surface area (Å²) in [6.07, 6.45) is 7.23. The first-order valence-corrected chi connectivity index (χ1v) is 7.68. The highest BCUT2D eigenvalue weighted by Gasteiger charge is 2.34. The number of nitrogens with one attached hydrogen (secondary N) is 1. The third-order valence-electron chi connectivity index (χ3n) is 4.38. The fourth-order valence-electron chi connectivity index (χ4n) is 3.09. The van der Waals surface area contributed by atoms with E-state index in [4.69, 9.17) is 0 Å². The van der Waals surface area contributed by atoms with Gasteiger partial charge in [0.15, 0.2) is 0 Å². The molecule has 2 aliphatic rings. The van der Waals surface area contributed by atoms with Gasteiger partial charge >= 0.3 is 0 Å². The zero-order valence-electron chi connectivity index (χ0n) is 12.1. The van der Waals surface area contributed by atoms with Crippen molar-refractivity contribution in [2.45, 2.75) is 51.1 Å². The van der Waals surface area contributed by atoms with Crippen molar-refractivity contribution in [2.24, 2.45) is 0 Å². The van der Waals surface area contributed by atoms with E-state index in [1.807, 2.05) is 4.90 Å². The predicted molar refractivity (Wildman–Crippen MR) is 75.0 cm³/mol. The number of aromatic amines is 1. The summed E-state index contributed by atoms with van der Waals surface area (Å²) in [6.45, 7) is 4.48. The summed E-state index contributed by atoms with van der Waals surface area (Å²) in [7, 11) is 0. The number of carbonyl (C=O) groups excluding carboxylic acids is 1. The maximum Gasteiger partial charge on any atom is 0.237 e. The number of amides is 1. The van der Waals surface area contributed by atoms with Crippen LogP contribution in [0.3, 0.4) is 0 Å². The molecule has 1 aromatic rings. The molecule has 0 aromatic carbocycles. The summed E-state index contributed by atoms with van der Waals surface area (Å²) < 4.78 is 0. The molecule has 2 heterocycles. The molecular formula is C14H23N5O. The van der Waals surface area contributed by atoms with E-state index in [2.05, 4.69) is 27.0 Å². The van der Waals surface area contributed by atoms with Crippen LogP contribution in [-0.2, 0) is 4.79 Å². The van der Waals surface area contributed by atoms with Crippen LogP contribution in [0.25, 0.3) is 0 Å². The fourth-order valence-corrected chi connectivity index (χ4v) is 3.09. The van der Waals surface area contributed by atoms with Crippen molar-refractivity contribution >= 4 is 5.91 Å². The van der Waals surface area contributed by atoms with Crippen LogP contribution in [0.15, 0.2) is 6.33 Å². The van der Waals surface area contributed by atoms with Crippen LogP contribution in [0.1, 0.15) is 50.9 Å². The van der Waals surface area contributed by atoms with E-state index in [1.54, 1.807) is 0 Å². The van der Waals surface area contributed by atoms with Gasteiger partial charge < -0.3 is 4.90 Å². The van der Waals surface area contributed by atoms with Crippen molar-refractivity contribution in [1.29, 1.82) is 0 Å². The van der Waals surface area contributed by atoms with E-state index in [1.165, 1.54) is 19.2 Å². The molecule has 1 amide bonds. The van der Waals surface area contributed by atoms with E-state index in [0.717, 1.165) is 38.2 Å². The van der Waals surface area contributed by atoms with Crippen LogP contribution < -0.4 is 0 Å². The average molecular weight is 277 g/mol. The molecule has 1 aromatic heterocycles. The molecule has 20 heavy (non-hydrogen) atoms. The van der Waals surface area contributed by atoms with Crippen molar-refractivity contribution in [3.63, 3.8) is 0 Å². The van der Waals surface area contributed by atoms with Gasteiger partial charge in [0.25, 0.3) is 0 Å². The van der Waals surface area contributed by atoms with E-state index in [0.29, 0.717) is 12.6 Å². The first kappa shape index (κ1) is 13.5. The zero-order chi connectivity index (χ0) is 13.9. The fraction of sp³-hybridized carbons (Fsp3) is 0.786. The van der Waals surface area contributed by atoms with Crippen molar-refractivity contribution in [3.05, 3.63) is 12.2 Å². The Morgan fingerprint density at radius 2 is 2.30 bits per heavy atom. The molecule has 1 saturated heterocycles. The Hall–Kier alpha value is -1.43. The first-order chi connectivity index (χ1) is 9.79. The van der Waals surface area contributed by atoms with Gasteiger partial charge in [0.2, 0.25) is 5.91 Å². The van der Waals surface area contributed by atoms with Crippen molar-refractivity contribution in [3.8, 4) is 0 Å². The number of rotatable bonds is 5. The Morgan fingerprint density at radius 1 is 1.45 bits per heavy atom. The number of hydrogen-bond acceptors (Lipinski definition) is 4. The SMILES string of the molecule is CCN(CC(=O)N1CCCC[C@@H]1c1ncn[nH]1)C1CC1. The number of carbonyl (C=O) groups is 1. The maximum absolute atomic E-state index is 12.6. The smallest absolute Gasteiger partial charge is 0.237 e. The molecule has 6 nitrogen and oxygen atoms in total. The molecule has 0 radical (unpaired) electrons.